The Labute approximate surface area is 160 Å². The standard InChI is InChI=1S/C20H30N2O5/c1-3-21(15-19(23)24)16-9-11-22(12-10-16)20(25)17-7-5-6-8-18(17)27-14-13-26-4-2/h5-8,16H,3-4,9-15H2,1-2H3,(H,23,24). The Bertz CT molecular complexity index is 614. The molecule has 0 radical (unpaired) electrons. The van der Waals surface area contributed by atoms with E-state index in [0.717, 1.165) is 12.8 Å². The summed E-state index contributed by atoms with van der Waals surface area (Å²) in [7, 11) is 0. The number of hydrogen-bond donors (Lipinski definition) is 1. The fourth-order valence-corrected chi connectivity index (χ4v) is 3.40. The topological polar surface area (TPSA) is 79.3 Å². The number of hydrogen-bond acceptors (Lipinski definition) is 5. The average molecular weight is 378 g/mol. The minimum atomic E-state index is -0.812. The van der Waals surface area contributed by atoms with E-state index in [2.05, 4.69) is 0 Å². The second-order valence-electron chi connectivity index (χ2n) is 6.52. The van der Waals surface area contributed by atoms with E-state index in [0.29, 0.717) is 50.8 Å². The van der Waals surface area contributed by atoms with Crippen molar-refractivity contribution in [2.45, 2.75) is 32.7 Å². The molecule has 1 saturated heterocycles. The number of carbonyl (C=O) groups is 2. The van der Waals surface area contributed by atoms with Crippen molar-refractivity contribution in [1.82, 2.24) is 9.80 Å². The summed E-state index contributed by atoms with van der Waals surface area (Å²) < 4.78 is 11.0. The Balaban J connectivity index is 1.94. The highest BCUT2D eigenvalue weighted by Gasteiger charge is 2.28. The van der Waals surface area contributed by atoms with Gasteiger partial charge in [-0.15, -0.1) is 0 Å². The summed E-state index contributed by atoms with van der Waals surface area (Å²) in [5.74, 6) is -0.277. The van der Waals surface area contributed by atoms with Crippen LogP contribution in [-0.4, -0.2) is 78.8 Å². The molecule has 7 heteroatoms. The molecular weight excluding hydrogens is 348 g/mol. The summed E-state index contributed by atoms with van der Waals surface area (Å²) in [6, 6.07) is 7.48. The van der Waals surface area contributed by atoms with Crippen LogP contribution in [0, 0.1) is 0 Å². The second-order valence-corrected chi connectivity index (χ2v) is 6.52. The van der Waals surface area contributed by atoms with Gasteiger partial charge in [0.25, 0.3) is 5.91 Å². The fraction of sp³-hybridized carbons (Fsp3) is 0.600. The molecule has 2 rings (SSSR count). The molecule has 0 spiro atoms. The first-order chi connectivity index (χ1) is 13.1. The number of para-hydroxylation sites is 1. The van der Waals surface area contributed by atoms with Crippen LogP contribution in [0.25, 0.3) is 0 Å². The van der Waals surface area contributed by atoms with Gasteiger partial charge in [0.15, 0.2) is 0 Å². The van der Waals surface area contributed by atoms with Crippen LogP contribution in [0.1, 0.15) is 37.0 Å². The number of carboxylic acid groups (broad SMARTS) is 1. The molecule has 0 aliphatic carbocycles. The summed E-state index contributed by atoms with van der Waals surface area (Å²) in [6.45, 7) is 7.40. The van der Waals surface area contributed by atoms with Crippen molar-refractivity contribution < 1.29 is 24.2 Å². The van der Waals surface area contributed by atoms with Gasteiger partial charge in [0.05, 0.1) is 18.7 Å². The van der Waals surface area contributed by atoms with Gasteiger partial charge < -0.3 is 19.5 Å². The first-order valence-electron chi connectivity index (χ1n) is 9.61. The molecule has 1 aliphatic rings. The molecule has 7 nitrogen and oxygen atoms in total. The third-order valence-corrected chi connectivity index (χ3v) is 4.82. The number of likely N-dealkylation sites (N-methyl/N-ethyl adjacent to an activating group) is 1. The number of aliphatic carboxylic acids is 1. The molecule has 1 aliphatic heterocycles. The number of nitrogens with zero attached hydrogens (tertiary/aromatic N) is 2. The zero-order chi connectivity index (χ0) is 19.6. The molecule has 1 N–H and O–H groups in total. The monoisotopic (exact) mass is 378 g/mol. The highest BCUT2D eigenvalue weighted by Crippen LogP contribution is 2.23. The molecule has 0 unspecified atom stereocenters. The van der Waals surface area contributed by atoms with Gasteiger partial charge in [0, 0.05) is 25.7 Å². The van der Waals surface area contributed by atoms with Crippen LogP contribution >= 0.6 is 0 Å². The third-order valence-electron chi connectivity index (χ3n) is 4.82. The predicted molar refractivity (Wildman–Crippen MR) is 102 cm³/mol. The molecule has 1 aromatic carbocycles. The number of rotatable bonds is 10. The molecule has 1 amide bonds. The van der Waals surface area contributed by atoms with Crippen LogP contribution in [0.15, 0.2) is 24.3 Å². The molecule has 0 aromatic heterocycles. The van der Waals surface area contributed by atoms with Crippen molar-refractivity contribution >= 4 is 11.9 Å². The Morgan fingerprint density at radius 2 is 1.89 bits per heavy atom. The Morgan fingerprint density at radius 1 is 1.19 bits per heavy atom. The molecule has 0 saturated carbocycles. The lowest BCUT2D eigenvalue weighted by atomic mass is 10.0. The quantitative estimate of drug-likeness (QED) is 0.628. The Morgan fingerprint density at radius 3 is 2.52 bits per heavy atom. The van der Waals surface area contributed by atoms with Crippen LogP contribution in [0.3, 0.4) is 0 Å². The van der Waals surface area contributed by atoms with E-state index in [1.807, 2.05) is 35.8 Å². The minimum absolute atomic E-state index is 0.0401. The number of ether oxygens (including phenoxy) is 2. The summed E-state index contributed by atoms with van der Waals surface area (Å²) in [4.78, 5) is 27.7. The number of carbonyl (C=O) groups excluding carboxylic acids is 1. The number of carboxylic acids is 1. The van der Waals surface area contributed by atoms with E-state index < -0.39 is 5.97 Å². The lowest BCUT2D eigenvalue weighted by Gasteiger charge is -2.37. The van der Waals surface area contributed by atoms with Gasteiger partial charge in [-0.1, -0.05) is 19.1 Å². The smallest absolute Gasteiger partial charge is 0.317 e. The van der Waals surface area contributed by atoms with E-state index in [-0.39, 0.29) is 18.5 Å². The molecule has 1 aromatic rings. The van der Waals surface area contributed by atoms with Crippen LogP contribution in [-0.2, 0) is 9.53 Å². The van der Waals surface area contributed by atoms with Crippen molar-refractivity contribution in [3.05, 3.63) is 29.8 Å². The largest absolute Gasteiger partial charge is 0.490 e. The van der Waals surface area contributed by atoms with Crippen LogP contribution in [0.2, 0.25) is 0 Å². The lowest BCUT2D eigenvalue weighted by Crippen LogP contribution is -2.48. The summed E-state index contributed by atoms with van der Waals surface area (Å²) in [5.41, 5.74) is 0.560. The third kappa shape index (κ3) is 6.22. The second kappa shape index (κ2) is 10.9. The predicted octanol–water partition coefficient (Wildman–Crippen LogP) is 2.11. The number of likely N-dealkylation sites (tertiary alicyclic amines) is 1. The first kappa shape index (κ1) is 21.2. The van der Waals surface area contributed by atoms with Gasteiger partial charge in [-0.05, 0) is 38.4 Å². The van der Waals surface area contributed by atoms with Gasteiger partial charge >= 0.3 is 5.97 Å². The zero-order valence-corrected chi connectivity index (χ0v) is 16.2. The van der Waals surface area contributed by atoms with Crippen molar-refractivity contribution in [2.24, 2.45) is 0 Å². The molecule has 1 fully saturated rings. The van der Waals surface area contributed by atoms with Crippen molar-refractivity contribution in [1.29, 1.82) is 0 Å². The van der Waals surface area contributed by atoms with Gasteiger partial charge in [0.2, 0.25) is 0 Å². The molecule has 0 atom stereocenters. The van der Waals surface area contributed by atoms with E-state index in [1.165, 1.54) is 0 Å². The Kier molecular flexibility index (Phi) is 8.54. The van der Waals surface area contributed by atoms with Crippen molar-refractivity contribution in [2.75, 3.05) is 46.0 Å². The molecule has 27 heavy (non-hydrogen) atoms. The fourth-order valence-electron chi connectivity index (χ4n) is 3.40. The van der Waals surface area contributed by atoms with Gasteiger partial charge in [0.1, 0.15) is 12.4 Å². The molecular formula is C20H30N2O5. The Hall–Kier alpha value is -2.12. The summed E-state index contributed by atoms with van der Waals surface area (Å²) in [5, 5.41) is 9.04. The van der Waals surface area contributed by atoms with Crippen molar-refractivity contribution in [3.8, 4) is 5.75 Å². The van der Waals surface area contributed by atoms with Crippen molar-refractivity contribution in [3.63, 3.8) is 0 Å². The highest BCUT2D eigenvalue weighted by atomic mass is 16.5. The zero-order valence-electron chi connectivity index (χ0n) is 16.2. The lowest BCUT2D eigenvalue weighted by molar-refractivity contribution is -0.139. The average Bonchev–Trinajstić information content (AvgIpc) is 2.69. The van der Waals surface area contributed by atoms with E-state index in [1.54, 1.807) is 12.1 Å². The highest BCUT2D eigenvalue weighted by molar-refractivity contribution is 5.97. The maximum Gasteiger partial charge on any atom is 0.317 e. The van der Waals surface area contributed by atoms with Gasteiger partial charge in [-0.3, -0.25) is 14.5 Å². The van der Waals surface area contributed by atoms with E-state index in [4.69, 9.17) is 14.6 Å². The van der Waals surface area contributed by atoms with E-state index in [9.17, 15) is 9.59 Å². The minimum Gasteiger partial charge on any atom is -0.490 e. The number of benzene rings is 1. The number of amides is 1. The normalized spacial score (nSPS) is 15.1. The van der Waals surface area contributed by atoms with Crippen LogP contribution < -0.4 is 4.74 Å². The van der Waals surface area contributed by atoms with Gasteiger partial charge in [-0.2, -0.15) is 0 Å². The molecule has 1 heterocycles. The maximum absolute atomic E-state index is 12.9. The SMILES string of the molecule is CCOCCOc1ccccc1C(=O)N1CCC(N(CC)CC(=O)O)CC1. The van der Waals surface area contributed by atoms with Crippen LogP contribution in [0.4, 0.5) is 0 Å². The van der Waals surface area contributed by atoms with Gasteiger partial charge in [-0.25, -0.2) is 0 Å². The number of piperidine rings is 1. The molecule has 0 bridgehead atoms. The summed E-state index contributed by atoms with van der Waals surface area (Å²) in [6.07, 6.45) is 1.56. The molecule has 150 valence electrons. The summed E-state index contributed by atoms with van der Waals surface area (Å²) >= 11 is 0. The van der Waals surface area contributed by atoms with E-state index >= 15 is 0 Å². The van der Waals surface area contributed by atoms with Crippen LogP contribution in [0.5, 0.6) is 5.75 Å². The maximum atomic E-state index is 12.9. The first-order valence-corrected chi connectivity index (χ1v) is 9.61.